The Morgan fingerprint density at radius 1 is 0.736 bits per heavy atom. The van der Waals surface area contributed by atoms with Crippen LogP contribution in [0.1, 0.15) is 59.1 Å². The number of sulfonamides is 1. The number of rotatable bonds is 11. The lowest BCUT2D eigenvalue weighted by Gasteiger charge is -2.30. The number of carbonyl (C=O) groups excluding carboxylic acids is 1. The van der Waals surface area contributed by atoms with Gasteiger partial charge in [0, 0.05) is 25.5 Å². The van der Waals surface area contributed by atoms with Gasteiger partial charge in [-0.15, -0.1) is 0 Å². The van der Waals surface area contributed by atoms with Gasteiger partial charge in [0.1, 0.15) is 22.0 Å². The third kappa shape index (κ3) is 9.43. The number of carbonyl (C=O) groups is 1. The largest absolute Gasteiger partial charge is 0.493 e. The molecule has 1 amide bonds. The van der Waals surface area contributed by atoms with Gasteiger partial charge in [0.2, 0.25) is 0 Å². The topological polar surface area (TPSA) is 123 Å². The first kappa shape index (κ1) is 39.0. The Labute approximate surface area is 316 Å². The van der Waals surface area contributed by atoms with Gasteiger partial charge in [0.15, 0.2) is 0 Å². The molecule has 6 rings (SSSR count). The maximum atomic E-state index is 13.2. The minimum absolute atomic E-state index is 0.0214. The molecule has 1 aliphatic rings. The molecular formula is C41H47N5O5S2. The highest BCUT2D eigenvalue weighted by atomic mass is 32.2. The van der Waals surface area contributed by atoms with Gasteiger partial charge in [-0.05, 0) is 76.8 Å². The first-order chi connectivity index (χ1) is 25.2. The van der Waals surface area contributed by atoms with Crippen LogP contribution >= 0.6 is 11.5 Å². The third-order valence-electron chi connectivity index (χ3n) is 8.08. The van der Waals surface area contributed by atoms with Crippen LogP contribution in [0.5, 0.6) is 5.75 Å². The molecule has 278 valence electrons. The highest BCUT2D eigenvalue weighted by Crippen LogP contribution is 2.39. The summed E-state index contributed by atoms with van der Waals surface area (Å²) in [4.78, 5) is 30.9. The summed E-state index contributed by atoms with van der Waals surface area (Å²) in [6.45, 7) is 12.7. The molecule has 5 aromatic rings. The van der Waals surface area contributed by atoms with E-state index in [4.69, 9.17) is 4.74 Å². The fourth-order valence-electron chi connectivity index (χ4n) is 5.69. The Morgan fingerprint density at radius 2 is 1.30 bits per heavy atom. The number of benzene rings is 3. The zero-order valence-corrected chi connectivity index (χ0v) is 32.6. The van der Waals surface area contributed by atoms with Crippen LogP contribution in [0, 0.1) is 0 Å². The Kier molecular flexibility index (Phi) is 12.3. The molecule has 0 bridgehead atoms. The van der Waals surface area contributed by atoms with Gasteiger partial charge < -0.3 is 15.4 Å². The van der Waals surface area contributed by atoms with Gasteiger partial charge in [-0.25, -0.2) is 12.7 Å². The number of aromatic nitrogens is 2. The van der Waals surface area contributed by atoms with E-state index >= 15 is 0 Å². The van der Waals surface area contributed by atoms with Crippen molar-refractivity contribution >= 4 is 38.1 Å². The molecule has 2 N–H and O–H groups in total. The lowest BCUT2D eigenvalue weighted by molar-refractivity contribution is -0.125. The van der Waals surface area contributed by atoms with Gasteiger partial charge in [-0.3, -0.25) is 18.5 Å². The second-order valence-electron chi connectivity index (χ2n) is 14.4. The van der Waals surface area contributed by atoms with Gasteiger partial charge >= 0.3 is 0 Å². The summed E-state index contributed by atoms with van der Waals surface area (Å²) < 4.78 is 34.8. The lowest BCUT2D eigenvalue weighted by atomic mass is 10.1. The van der Waals surface area contributed by atoms with Gasteiger partial charge in [0.05, 0.1) is 22.6 Å². The number of hydrogen-bond donors (Lipinski definition) is 2. The maximum Gasteiger partial charge on any atom is 0.285 e. The van der Waals surface area contributed by atoms with E-state index in [1.54, 1.807) is 75.6 Å². The van der Waals surface area contributed by atoms with E-state index in [1.165, 1.54) is 11.5 Å². The summed E-state index contributed by atoms with van der Waals surface area (Å²) in [7, 11) is -3.96. The zero-order chi connectivity index (χ0) is 38.2. The van der Waals surface area contributed by atoms with Crippen molar-refractivity contribution in [2.24, 2.45) is 0 Å². The maximum absolute atomic E-state index is 13.2. The Hall–Kier alpha value is -5.20. The second kappa shape index (κ2) is 16.6. The fourth-order valence-corrected chi connectivity index (χ4v) is 8.88. The molecule has 0 fully saturated rings. The van der Waals surface area contributed by atoms with Crippen LogP contribution in [0.3, 0.4) is 0 Å². The van der Waals surface area contributed by atoms with E-state index in [1.807, 2.05) is 52.5 Å². The van der Waals surface area contributed by atoms with Crippen molar-refractivity contribution in [1.29, 1.82) is 0 Å². The quantitative estimate of drug-likeness (QED) is 0.132. The van der Waals surface area contributed by atoms with E-state index < -0.39 is 21.5 Å². The summed E-state index contributed by atoms with van der Waals surface area (Å²) in [5.74, 6) is 0.175. The van der Waals surface area contributed by atoms with E-state index in [0.29, 0.717) is 43.1 Å². The molecule has 2 aromatic heterocycles. The van der Waals surface area contributed by atoms with E-state index in [0.717, 1.165) is 20.3 Å². The molecule has 3 aromatic carbocycles. The van der Waals surface area contributed by atoms with E-state index in [-0.39, 0.29) is 21.7 Å². The molecule has 0 aliphatic carbocycles. The summed E-state index contributed by atoms with van der Waals surface area (Å²) in [6.07, 6.45) is 3.89. The molecule has 3 heterocycles. The van der Waals surface area contributed by atoms with E-state index in [9.17, 15) is 18.0 Å². The van der Waals surface area contributed by atoms with Crippen molar-refractivity contribution in [2.75, 3.05) is 18.5 Å². The van der Waals surface area contributed by atoms with Crippen LogP contribution in [-0.4, -0.2) is 46.3 Å². The minimum Gasteiger partial charge on any atom is -0.493 e. The molecule has 0 saturated carbocycles. The first-order valence-electron chi connectivity index (χ1n) is 17.5. The third-order valence-corrected chi connectivity index (χ3v) is 11.7. The number of amides is 1. The smallest absolute Gasteiger partial charge is 0.285 e. The van der Waals surface area contributed by atoms with Crippen molar-refractivity contribution < 1.29 is 17.9 Å². The number of anilines is 1. The molecular weight excluding hydrogens is 707 g/mol. The Morgan fingerprint density at radius 3 is 1.87 bits per heavy atom. The fraction of sp³-hybridized carbons (Fsp3) is 0.293. The summed E-state index contributed by atoms with van der Waals surface area (Å²) in [6, 6.07) is 32.4. The molecule has 0 saturated heterocycles. The predicted octanol–water partition coefficient (Wildman–Crippen LogP) is 7.72. The van der Waals surface area contributed by atoms with Crippen molar-refractivity contribution in [3.63, 3.8) is 0 Å². The number of nitrogens with one attached hydrogen (secondary N) is 2. The number of ether oxygens (including phenoxy) is 1. The van der Waals surface area contributed by atoms with Crippen LogP contribution in [0.2, 0.25) is 0 Å². The van der Waals surface area contributed by atoms with Crippen LogP contribution in [0.4, 0.5) is 5.69 Å². The van der Waals surface area contributed by atoms with Gasteiger partial charge in [-0.2, -0.15) is 0 Å². The standard InChI is InChI=1S/C21H25N3O4S.C20H22N2OS/c1-21(2,3)24-20(25)18(19(29(24,26)27)16-8-5-4-6-9-16)23-12-7-15-28-17-10-13-22-14-11-17;1-20(2,3)22-19(23)17(21-14-15-10-6-4-7-11-15)18(24-22)16-12-8-5-9-13-16/h4-6,8-11,13-14,23H,7,12,15H2,1-3H3;4-13,21H,14H2,1-3H3. The Balaban J connectivity index is 0.000000208. The molecule has 0 unspecified atom stereocenters. The molecule has 0 spiro atoms. The summed E-state index contributed by atoms with van der Waals surface area (Å²) in [5, 5.41) is 6.41. The molecule has 0 atom stereocenters. The summed E-state index contributed by atoms with van der Waals surface area (Å²) in [5.41, 5.74) is 2.44. The zero-order valence-electron chi connectivity index (χ0n) is 31.0. The SMILES string of the molecule is CC(C)(C)N1C(=O)C(NCCCOc2ccncc2)=C(c2ccccc2)S1(=O)=O.CC(C)(C)n1sc(-c2ccccc2)c(NCc2ccccc2)c1=O. The second-order valence-corrected chi connectivity index (χ2v) is 17.1. The number of pyridine rings is 1. The molecule has 12 heteroatoms. The van der Waals surface area contributed by atoms with Crippen LogP contribution in [-0.2, 0) is 26.9 Å². The first-order valence-corrected chi connectivity index (χ1v) is 19.7. The highest BCUT2D eigenvalue weighted by Gasteiger charge is 2.49. The minimum atomic E-state index is -3.96. The highest BCUT2D eigenvalue weighted by molar-refractivity contribution is 7.99. The van der Waals surface area contributed by atoms with Crippen LogP contribution in [0.15, 0.2) is 126 Å². The van der Waals surface area contributed by atoms with Gasteiger partial charge in [-0.1, -0.05) is 103 Å². The lowest BCUT2D eigenvalue weighted by Crippen LogP contribution is -2.46. The molecule has 10 nitrogen and oxygen atoms in total. The Bertz CT molecular complexity index is 2170. The van der Waals surface area contributed by atoms with Crippen LogP contribution in [0.25, 0.3) is 15.3 Å². The van der Waals surface area contributed by atoms with E-state index in [2.05, 4.69) is 48.5 Å². The summed E-state index contributed by atoms with van der Waals surface area (Å²) >= 11 is 1.52. The predicted molar refractivity (Wildman–Crippen MR) is 214 cm³/mol. The van der Waals surface area contributed by atoms with Gasteiger partial charge in [0.25, 0.3) is 21.5 Å². The normalized spacial score (nSPS) is 14.1. The van der Waals surface area contributed by atoms with Crippen molar-refractivity contribution in [3.05, 3.63) is 143 Å². The number of hydrogen-bond acceptors (Lipinski definition) is 9. The van der Waals surface area contributed by atoms with Crippen LogP contribution < -0.4 is 20.9 Å². The average molecular weight is 754 g/mol. The van der Waals surface area contributed by atoms with Crippen molar-refractivity contribution in [1.82, 2.24) is 18.6 Å². The number of nitrogens with zero attached hydrogens (tertiary/aromatic N) is 3. The molecule has 53 heavy (non-hydrogen) atoms. The van der Waals surface area contributed by atoms with Crippen molar-refractivity contribution in [3.8, 4) is 16.2 Å². The van der Waals surface area contributed by atoms with Crippen molar-refractivity contribution in [2.45, 2.75) is 65.6 Å². The monoisotopic (exact) mass is 753 g/mol. The molecule has 0 radical (unpaired) electrons. The average Bonchev–Trinajstić information content (AvgIpc) is 3.57. The molecule has 1 aliphatic heterocycles.